The first-order valence-electron chi connectivity index (χ1n) is 6.08. The Kier molecular flexibility index (Phi) is 3.77. The summed E-state index contributed by atoms with van der Waals surface area (Å²) in [5.41, 5.74) is -1.10. The average molecular weight is 274 g/mol. The lowest BCUT2D eigenvalue weighted by molar-refractivity contribution is -0.139. The zero-order valence-electron chi connectivity index (χ0n) is 10.6. The number of nitrogens with zero attached hydrogens (tertiary/aromatic N) is 1. The van der Waals surface area contributed by atoms with Gasteiger partial charge in [-0.3, -0.25) is 15.0 Å². The van der Waals surface area contributed by atoms with Crippen molar-refractivity contribution in [3.8, 4) is 0 Å². The van der Waals surface area contributed by atoms with Crippen molar-refractivity contribution in [2.24, 2.45) is 5.41 Å². The van der Waals surface area contributed by atoms with Crippen molar-refractivity contribution in [1.29, 1.82) is 0 Å². The highest BCUT2D eigenvalue weighted by atomic mass is 16.5. The largest absolute Gasteiger partial charge is 0.395 e. The lowest BCUT2D eigenvalue weighted by Crippen LogP contribution is -2.63. The molecule has 0 radical (unpaired) electrons. The van der Waals surface area contributed by atoms with Gasteiger partial charge in [-0.15, -0.1) is 0 Å². The molecule has 1 unspecified atom stereocenters. The molecule has 4 N–H and O–H groups in total. The van der Waals surface area contributed by atoms with Gasteiger partial charge in [-0.2, -0.15) is 0 Å². The number of urea groups is 1. The number of rotatable bonds is 3. The van der Waals surface area contributed by atoms with Crippen molar-refractivity contribution in [3.05, 3.63) is 0 Å². The van der Waals surface area contributed by atoms with E-state index >= 15 is 0 Å². The molecule has 4 atom stereocenters. The highest BCUT2D eigenvalue weighted by molar-refractivity contribution is 6.00. The minimum absolute atomic E-state index is 0.00367. The number of amides is 3. The van der Waals surface area contributed by atoms with E-state index in [2.05, 4.69) is 5.32 Å². The van der Waals surface area contributed by atoms with E-state index in [1.54, 1.807) is 0 Å². The maximum atomic E-state index is 11.8. The number of hydrogen-bond acceptors (Lipinski definition) is 6. The summed E-state index contributed by atoms with van der Waals surface area (Å²) >= 11 is 0. The van der Waals surface area contributed by atoms with Gasteiger partial charge in [0.15, 0.2) is 0 Å². The molecule has 0 aromatic heterocycles. The molecular formula is C11H18N2O6. The van der Waals surface area contributed by atoms with Crippen LogP contribution in [0.15, 0.2) is 0 Å². The van der Waals surface area contributed by atoms with Gasteiger partial charge in [-0.25, -0.2) is 4.79 Å². The number of nitrogens with one attached hydrogen (secondary N) is 1. The van der Waals surface area contributed by atoms with Gasteiger partial charge in [0.25, 0.3) is 0 Å². The predicted molar refractivity (Wildman–Crippen MR) is 61.8 cm³/mol. The van der Waals surface area contributed by atoms with Gasteiger partial charge in [0.05, 0.1) is 24.7 Å². The van der Waals surface area contributed by atoms with E-state index in [4.69, 9.17) is 9.84 Å². The van der Waals surface area contributed by atoms with E-state index in [1.165, 1.54) is 11.8 Å². The van der Waals surface area contributed by atoms with Crippen LogP contribution in [0.3, 0.4) is 0 Å². The molecule has 2 saturated heterocycles. The second kappa shape index (κ2) is 5.04. The second-order valence-electron chi connectivity index (χ2n) is 5.22. The summed E-state index contributed by atoms with van der Waals surface area (Å²) in [7, 11) is 0. The van der Waals surface area contributed by atoms with Gasteiger partial charge >= 0.3 is 6.03 Å². The van der Waals surface area contributed by atoms with Gasteiger partial charge in [0.1, 0.15) is 12.3 Å². The Bertz CT molecular complexity index is 389. The summed E-state index contributed by atoms with van der Waals surface area (Å²) < 4.78 is 5.38. The Morgan fingerprint density at radius 3 is 2.68 bits per heavy atom. The summed E-state index contributed by atoms with van der Waals surface area (Å²) in [6.45, 7) is 0.797. The molecule has 2 heterocycles. The van der Waals surface area contributed by atoms with Crippen molar-refractivity contribution in [3.63, 3.8) is 0 Å². The highest BCUT2D eigenvalue weighted by Gasteiger charge is 2.47. The van der Waals surface area contributed by atoms with Crippen LogP contribution in [0, 0.1) is 5.41 Å². The summed E-state index contributed by atoms with van der Waals surface area (Å²) in [5.74, 6) is -0.534. The van der Waals surface area contributed by atoms with Crippen molar-refractivity contribution in [1.82, 2.24) is 10.2 Å². The third-order valence-electron chi connectivity index (χ3n) is 3.63. The molecule has 108 valence electrons. The number of aliphatic hydroxyl groups excluding tert-OH is 3. The standard InChI is InChI=1S/C11H18N2O6/c1-11(5-15)4-13(10(18)12-9(11)17)8-2-6(16)7(3-14)19-8/h6-8,14-16H,2-5H2,1H3,(H,12,17,18)/t6-,7+,8+,11?/m0/s1. The molecule has 0 bridgehead atoms. The normalized spacial score (nSPS) is 39.6. The van der Waals surface area contributed by atoms with Crippen LogP contribution in [0.5, 0.6) is 0 Å². The fourth-order valence-electron chi connectivity index (χ4n) is 2.27. The Balaban J connectivity index is 2.12. The first kappa shape index (κ1) is 14.2. The summed E-state index contributed by atoms with van der Waals surface area (Å²) in [6.07, 6.45) is -2.16. The van der Waals surface area contributed by atoms with Crippen LogP contribution in [-0.2, 0) is 9.53 Å². The minimum atomic E-state index is -1.10. The molecule has 3 amide bonds. The first-order chi connectivity index (χ1) is 8.91. The maximum Gasteiger partial charge on any atom is 0.326 e. The van der Waals surface area contributed by atoms with Gasteiger partial charge in [0.2, 0.25) is 5.91 Å². The topological polar surface area (TPSA) is 119 Å². The summed E-state index contributed by atoms with van der Waals surface area (Å²) in [5, 5.41) is 30.1. The molecule has 8 heteroatoms. The summed E-state index contributed by atoms with van der Waals surface area (Å²) in [6, 6.07) is -0.619. The third kappa shape index (κ3) is 2.44. The SMILES string of the molecule is CC1(CO)CN([C@H]2C[C@H](O)[C@@H](CO)O2)C(=O)NC1=O. The third-order valence-corrected chi connectivity index (χ3v) is 3.63. The van der Waals surface area contributed by atoms with Gasteiger partial charge < -0.3 is 20.1 Å². The lowest BCUT2D eigenvalue weighted by Gasteiger charge is -2.40. The van der Waals surface area contributed by atoms with Crippen molar-refractivity contribution >= 4 is 11.9 Å². The Morgan fingerprint density at radius 2 is 2.16 bits per heavy atom. The fourth-order valence-corrected chi connectivity index (χ4v) is 2.27. The minimum Gasteiger partial charge on any atom is -0.395 e. The van der Waals surface area contributed by atoms with Gasteiger partial charge in [0, 0.05) is 13.0 Å². The monoisotopic (exact) mass is 274 g/mol. The van der Waals surface area contributed by atoms with Crippen LogP contribution >= 0.6 is 0 Å². The van der Waals surface area contributed by atoms with Gasteiger partial charge in [-0.1, -0.05) is 0 Å². The molecule has 0 aliphatic carbocycles. The number of aliphatic hydroxyl groups is 3. The number of ether oxygens (including phenoxy) is 1. The van der Waals surface area contributed by atoms with E-state index in [9.17, 15) is 19.8 Å². The predicted octanol–water partition coefficient (Wildman–Crippen LogP) is -1.99. The number of carbonyl (C=O) groups excluding carboxylic acids is 2. The highest BCUT2D eigenvalue weighted by Crippen LogP contribution is 2.29. The van der Waals surface area contributed by atoms with Crippen LogP contribution in [0.4, 0.5) is 4.79 Å². The van der Waals surface area contributed by atoms with Crippen molar-refractivity contribution in [2.45, 2.75) is 31.8 Å². The van der Waals surface area contributed by atoms with E-state index in [-0.39, 0.29) is 19.6 Å². The van der Waals surface area contributed by atoms with Crippen molar-refractivity contribution < 1.29 is 29.6 Å². The molecule has 2 fully saturated rings. The molecule has 0 aromatic carbocycles. The maximum absolute atomic E-state index is 11.8. The van der Waals surface area contributed by atoms with E-state index in [0.29, 0.717) is 0 Å². The smallest absolute Gasteiger partial charge is 0.326 e. The lowest BCUT2D eigenvalue weighted by atomic mass is 9.88. The Labute approximate surface area is 110 Å². The molecule has 0 aromatic rings. The van der Waals surface area contributed by atoms with E-state index in [0.717, 1.165) is 0 Å². The molecule has 19 heavy (non-hydrogen) atoms. The summed E-state index contributed by atoms with van der Waals surface area (Å²) in [4.78, 5) is 24.7. The molecule has 2 aliphatic rings. The first-order valence-corrected chi connectivity index (χ1v) is 6.08. The van der Waals surface area contributed by atoms with Crippen LogP contribution in [0.25, 0.3) is 0 Å². The molecule has 2 rings (SSSR count). The second-order valence-corrected chi connectivity index (χ2v) is 5.22. The molecular weight excluding hydrogens is 256 g/mol. The molecule has 2 aliphatic heterocycles. The van der Waals surface area contributed by atoms with Gasteiger partial charge in [-0.05, 0) is 6.92 Å². The zero-order valence-corrected chi connectivity index (χ0v) is 10.6. The number of carbonyl (C=O) groups is 2. The van der Waals surface area contributed by atoms with Crippen LogP contribution in [0.1, 0.15) is 13.3 Å². The quantitative estimate of drug-likeness (QED) is 0.473. The molecule has 8 nitrogen and oxygen atoms in total. The zero-order chi connectivity index (χ0) is 14.2. The Hall–Kier alpha value is -1.22. The van der Waals surface area contributed by atoms with Crippen LogP contribution < -0.4 is 5.32 Å². The van der Waals surface area contributed by atoms with Crippen LogP contribution in [0.2, 0.25) is 0 Å². The number of imide groups is 1. The average Bonchev–Trinajstić information content (AvgIpc) is 2.75. The Morgan fingerprint density at radius 1 is 1.47 bits per heavy atom. The number of hydrogen-bond donors (Lipinski definition) is 4. The van der Waals surface area contributed by atoms with E-state index in [1.807, 2.05) is 0 Å². The molecule has 0 saturated carbocycles. The fraction of sp³-hybridized carbons (Fsp3) is 0.818. The van der Waals surface area contributed by atoms with E-state index < -0.39 is 42.4 Å². The van der Waals surface area contributed by atoms with Crippen molar-refractivity contribution in [2.75, 3.05) is 19.8 Å². The molecule has 0 spiro atoms. The van der Waals surface area contributed by atoms with Crippen LogP contribution in [-0.4, -0.2) is 70.4 Å².